The summed E-state index contributed by atoms with van der Waals surface area (Å²) in [6.45, 7) is 5.09. The van der Waals surface area contributed by atoms with E-state index in [1.807, 2.05) is 9.80 Å². The van der Waals surface area contributed by atoms with Crippen molar-refractivity contribution in [3.63, 3.8) is 0 Å². The number of amides is 2. The van der Waals surface area contributed by atoms with Crippen LogP contribution in [0.3, 0.4) is 0 Å². The summed E-state index contributed by atoms with van der Waals surface area (Å²) in [7, 11) is 0. The molecule has 0 aliphatic carbocycles. The highest BCUT2D eigenvalue weighted by Crippen LogP contribution is 2.28. The summed E-state index contributed by atoms with van der Waals surface area (Å²) in [5, 5.41) is 0. The fourth-order valence-electron chi connectivity index (χ4n) is 4.01. The van der Waals surface area contributed by atoms with Crippen LogP contribution in [-0.2, 0) is 14.3 Å². The summed E-state index contributed by atoms with van der Waals surface area (Å²) in [5.41, 5.74) is 0. The van der Waals surface area contributed by atoms with Crippen molar-refractivity contribution in [1.29, 1.82) is 0 Å². The fraction of sp³-hybridized carbons (Fsp3) is 0.875. The molecule has 21 heavy (non-hydrogen) atoms. The third-order valence-electron chi connectivity index (χ3n) is 5.40. The fourth-order valence-corrected chi connectivity index (χ4v) is 4.01. The minimum absolute atomic E-state index is 0.162. The second-order valence-electron chi connectivity index (χ2n) is 6.57. The van der Waals surface area contributed by atoms with E-state index in [4.69, 9.17) is 4.74 Å². The van der Waals surface area contributed by atoms with E-state index in [0.29, 0.717) is 18.9 Å². The Morgan fingerprint density at radius 1 is 1.10 bits per heavy atom. The van der Waals surface area contributed by atoms with Gasteiger partial charge in [0.15, 0.2) is 0 Å². The van der Waals surface area contributed by atoms with Crippen LogP contribution in [0.15, 0.2) is 0 Å². The van der Waals surface area contributed by atoms with Crippen LogP contribution < -0.4 is 0 Å². The first kappa shape index (κ1) is 14.8. The summed E-state index contributed by atoms with van der Waals surface area (Å²) in [5.74, 6) is 0.849. The van der Waals surface area contributed by atoms with E-state index >= 15 is 0 Å². The van der Waals surface area contributed by atoms with Crippen LogP contribution in [0.5, 0.6) is 0 Å². The zero-order chi connectivity index (χ0) is 14.8. The van der Waals surface area contributed by atoms with Crippen molar-refractivity contribution < 1.29 is 14.3 Å². The SMILES string of the molecule is CC(C1CCOCC1)N1CCC(=O)N2CCCCC2C1=O. The average molecular weight is 294 g/mol. The van der Waals surface area contributed by atoms with E-state index in [-0.39, 0.29) is 23.9 Å². The lowest BCUT2D eigenvalue weighted by molar-refractivity contribution is -0.145. The Morgan fingerprint density at radius 3 is 2.62 bits per heavy atom. The lowest BCUT2D eigenvalue weighted by Crippen LogP contribution is -2.53. The van der Waals surface area contributed by atoms with Crippen molar-refractivity contribution in [3.05, 3.63) is 0 Å². The maximum absolute atomic E-state index is 12.9. The molecule has 2 unspecified atom stereocenters. The van der Waals surface area contributed by atoms with Crippen molar-refractivity contribution in [2.75, 3.05) is 26.3 Å². The second-order valence-corrected chi connectivity index (χ2v) is 6.57. The van der Waals surface area contributed by atoms with Gasteiger partial charge >= 0.3 is 0 Å². The predicted octanol–water partition coefficient (Wildman–Crippen LogP) is 1.41. The number of rotatable bonds is 2. The third-order valence-corrected chi connectivity index (χ3v) is 5.40. The normalized spacial score (nSPS) is 30.0. The summed E-state index contributed by atoms with van der Waals surface area (Å²) in [4.78, 5) is 29.0. The Kier molecular flexibility index (Phi) is 4.48. The summed E-state index contributed by atoms with van der Waals surface area (Å²) < 4.78 is 5.43. The molecule has 2 amide bonds. The molecule has 3 aliphatic heterocycles. The molecule has 0 spiro atoms. The minimum atomic E-state index is -0.198. The molecule has 0 aromatic carbocycles. The van der Waals surface area contributed by atoms with Gasteiger partial charge < -0.3 is 14.5 Å². The first-order valence-electron chi connectivity index (χ1n) is 8.36. The van der Waals surface area contributed by atoms with E-state index in [0.717, 1.165) is 51.9 Å². The molecule has 3 heterocycles. The van der Waals surface area contributed by atoms with Gasteiger partial charge in [-0.1, -0.05) is 0 Å². The number of hydrogen-bond donors (Lipinski definition) is 0. The molecule has 0 bridgehead atoms. The molecule has 3 fully saturated rings. The molecule has 0 saturated carbocycles. The predicted molar refractivity (Wildman–Crippen MR) is 78.7 cm³/mol. The van der Waals surface area contributed by atoms with E-state index in [1.165, 1.54) is 0 Å². The number of fused-ring (bicyclic) bond motifs is 1. The molecule has 3 saturated heterocycles. The van der Waals surface area contributed by atoms with E-state index in [9.17, 15) is 9.59 Å². The molecule has 118 valence electrons. The molecule has 0 aromatic heterocycles. The zero-order valence-corrected chi connectivity index (χ0v) is 12.9. The van der Waals surface area contributed by atoms with Gasteiger partial charge in [0.1, 0.15) is 6.04 Å². The molecular formula is C16H26N2O3. The molecular weight excluding hydrogens is 268 g/mol. The summed E-state index contributed by atoms with van der Waals surface area (Å²) >= 11 is 0. The van der Waals surface area contributed by atoms with Crippen molar-refractivity contribution in [1.82, 2.24) is 9.80 Å². The van der Waals surface area contributed by atoms with Gasteiger partial charge in [0.05, 0.1) is 0 Å². The van der Waals surface area contributed by atoms with Crippen LogP contribution in [0.2, 0.25) is 0 Å². The van der Waals surface area contributed by atoms with Gasteiger partial charge in [-0.2, -0.15) is 0 Å². The van der Waals surface area contributed by atoms with Crippen LogP contribution in [0.4, 0.5) is 0 Å². The number of piperidine rings is 1. The molecule has 5 heteroatoms. The highest BCUT2D eigenvalue weighted by molar-refractivity contribution is 5.90. The quantitative estimate of drug-likeness (QED) is 0.774. The largest absolute Gasteiger partial charge is 0.381 e. The molecule has 2 atom stereocenters. The lowest BCUT2D eigenvalue weighted by Gasteiger charge is -2.39. The Labute approximate surface area is 126 Å². The highest BCUT2D eigenvalue weighted by atomic mass is 16.5. The van der Waals surface area contributed by atoms with Gasteiger partial charge in [0.25, 0.3) is 0 Å². The molecule has 3 aliphatic rings. The van der Waals surface area contributed by atoms with Crippen molar-refractivity contribution in [2.24, 2.45) is 5.92 Å². The lowest BCUT2D eigenvalue weighted by atomic mass is 9.91. The van der Waals surface area contributed by atoms with E-state index < -0.39 is 0 Å². The topological polar surface area (TPSA) is 49.9 Å². The number of carbonyl (C=O) groups is 2. The van der Waals surface area contributed by atoms with Gasteiger partial charge in [-0.3, -0.25) is 9.59 Å². The van der Waals surface area contributed by atoms with Crippen LogP contribution in [0.1, 0.15) is 45.4 Å². The zero-order valence-electron chi connectivity index (χ0n) is 12.9. The maximum atomic E-state index is 12.9. The Bertz CT molecular complexity index is 406. The smallest absolute Gasteiger partial charge is 0.245 e. The van der Waals surface area contributed by atoms with Crippen LogP contribution in [0.25, 0.3) is 0 Å². The summed E-state index contributed by atoms with van der Waals surface area (Å²) in [6, 6.07) is 0.0205. The van der Waals surface area contributed by atoms with Gasteiger partial charge in [-0.05, 0) is 44.9 Å². The third kappa shape index (κ3) is 2.93. The standard InChI is InChI=1S/C16H26N2O3/c1-12(13-6-10-21-11-7-13)17-9-5-15(19)18-8-3-2-4-14(18)16(17)20/h12-14H,2-11H2,1H3. The Hall–Kier alpha value is -1.10. The molecule has 3 rings (SSSR count). The van der Waals surface area contributed by atoms with Crippen molar-refractivity contribution in [3.8, 4) is 0 Å². The molecule has 5 nitrogen and oxygen atoms in total. The van der Waals surface area contributed by atoms with Gasteiger partial charge in [-0.25, -0.2) is 0 Å². The van der Waals surface area contributed by atoms with Crippen LogP contribution in [0, 0.1) is 5.92 Å². The number of ether oxygens (including phenoxy) is 1. The summed E-state index contributed by atoms with van der Waals surface area (Å²) in [6.07, 6.45) is 5.45. The Balaban J connectivity index is 1.75. The van der Waals surface area contributed by atoms with Gasteiger partial charge in [-0.15, -0.1) is 0 Å². The van der Waals surface area contributed by atoms with E-state index in [1.54, 1.807) is 0 Å². The van der Waals surface area contributed by atoms with Gasteiger partial charge in [0, 0.05) is 38.8 Å². The number of nitrogens with zero attached hydrogens (tertiary/aromatic N) is 2. The minimum Gasteiger partial charge on any atom is -0.381 e. The second kappa shape index (κ2) is 6.34. The monoisotopic (exact) mass is 294 g/mol. The van der Waals surface area contributed by atoms with E-state index in [2.05, 4.69) is 6.92 Å². The first-order chi connectivity index (χ1) is 10.2. The Morgan fingerprint density at radius 2 is 1.86 bits per heavy atom. The van der Waals surface area contributed by atoms with Crippen LogP contribution in [-0.4, -0.2) is 60.0 Å². The van der Waals surface area contributed by atoms with Crippen molar-refractivity contribution >= 4 is 11.8 Å². The average Bonchev–Trinajstić information content (AvgIpc) is 2.66. The van der Waals surface area contributed by atoms with Gasteiger partial charge in [0.2, 0.25) is 11.8 Å². The number of carbonyl (C=O) groups excluding carboxylic acids is 2. The number of hydrogen-bond acceptors (Lipinski definition) is 3. The maximum Gasteiger partial charge on any atom is 0.245 e. The molecule has 0 radical (unpaired) electrons. The first-order valence-corrected chi connectivity index (χ1v) is 8.36. The highest BCUT2D eigenvalue weighted by Gasteiger charge is 2.40. The van der Waals surface area contributed by atoms with Crippen LogP contribution >= 0.6 is 0 Å². The molecule has 0 N–H and O–H groups in total. The van der Waals surface area contributed by atoms with Crippen molar-refractivity contribution in [2.45, 2.75) is 57.5 Å². The molecule has 0 aromatic rings.